The number of nitrogens with two attached hydrogens (primary N) is 2. The van der Waals surface area contributed by atoms with Crippen molar-refractivity contribution in [1.29, 1.82) is 0 Å². The van der Waals surface area contributed by atoms with E-state index in [1.165, 1.54) is 6.20 Å². The molecule has 2 rings (SSSR count). The van der Waals surface area contributed by atoms with E-state index >= 15 is 0 Å². The molecule has 0 aromatic carbocycles. The van der Waals surface area contributed by atoms with Gasteiger partial charge < -0.3 is 27.0 Å². The Morgan fingerprint density at radius 3 is 2.58 bits per heavy atom. The lowest BCUT2D eigenvalue weighted by atomic mass is 10.2. The van der Waals surface area contributed by atoms with Crippen LogP contribution in [0.4, 0.5) is 23.1 Å². The Kier molecular flexibility index (Phi) is 5.89. The van der Waals surface area contributed by atoms with E-state index < -0.39 is 17.9 Å². The van der Waals surface area contributed by atoms with Gasteiger partial charge in [0.25, 0.3) is 5.91 Å². The number of amides is 2. The van der Waals surface area contributed by atoms with Gasteiger partial charge in [-0.2, -0.15) is 0 Å². The molecule has 6 N–H and O–H groups in total. The molecule has 0 aliphatic carbocycles. The highest BCUT2D eigenvalue weighted by molar-refractivity contribution is 5.96. The third kappa shape index (κ3) is 4.56. The molecule has 1 atom stereocenters. The highest BCUT2D eigenvalue weighted by atomic mass is 16.1. The number of aromatic nitrogens is 3. The maximum absolute atomic E-state index is 11.6. The van der Waals surface area contributed by atoms with Crippen LogP contribution in [0.25, 0.3) is 0 Å². The summed E-state index contributed by atoms with van der Waals surface area (Å²) in [4.78, 5) is 37.4. The van der Waals surface area contributed by atoms with Crippen LogP contribution < -0.4 is 27.0 Å². The number of rotatable bonds is 8. The molecular weight excluding hydrogens is 336 g/mol. The molecular formula is C16H22N8O2. The minimum absolute atomic E-state index is 0.0223. The van der Waals surface area contributed by atoms with Crippen molar-refractivity contribution in [3.63, 3.8) is 0 Å². The number of nitrogens with zero attached hydrogens (tertiary/aromatic N) is 4. The van der Waals surface area contributed by atoms with Crippen LogP contribution in [-0.4, -0.2) is 46.9 Å². The molecule has 0 bridgehead atoms. The quantitative estimate of drug-likeness (QED) is 0.531. The third-order valence-corrected chi connectivity index (χ3v) is 3.55. The second kappa shape index (κ2) is 8.10. The van der Waals surface area contributed by atoms with Gasteiger partial charge >= 0.3 is 0 Å². The van der Waals surface area contributed by atoms with E-state index in [-0.39, 0.29) is 11.5 Å². The van der Waals surface area contributed by atoms with Crippen molar-refractivity contribution < 1.29 is 9.59 Å². The van der Waals surface area contributed by atoms with Gasteiger partial charge in [0.2, 0.25) is 5.91 Å². The Balaban J connectivity index is 2.35. The number of primary amides is 2. The first-order valence-electron chi connectivity index (χ1n) is 7.95. The monoisotopic (exact) mass is 358 g/mol. The van der Waals surface area contributed by atoms with Crippen LogP contribution in [0, 0.1) is 0 Å². The molecule has 10 heteroatoms. The average molecular weight is 358 g/mol. The van der Waals surface area contributed by atoms with Gasteiger partial charge in [-0.3, -0.25) is 9.59 Å². The van der Waals surface area contributed by atoms with Crippen LogP contribution in [0.5, 0.6) is 0 Å². The molecule has 2 aromatic rings. The van der Waals surface area contributed by atoms with Crippen LogP contribution in [0.3, 0.4) is 0 Å². The Bertz CT molecular complexity index is 809. The van der Waals surface area contributed by atoms with Gasteiger partial charge in [-0.15, -0.1) is 0 Å². The molecule has 0 fully saturated rings. The molecule has 10 nitrogen and oxygen atoms in total. The first-order chi connectivity index (χ1) is 12.3. The highest BCUT2D eigenvalue weighted by Crippen LogP contribution is 2.21. The molecule has 0 spiro atoms. The molecule has 2 heterocycles. The molecule has 0 aliphatic heterocycles. The molecule has 2 amide bonds. The number of pyridine rings is 1. The van der Waals surface area contributed by atoms with E-state index in [0.29, 0.717) is 17.9 Å². The number of anilines is 4. The van der Waals surface area contributed by atoms with Crippen molar-refractivity contribution in [2.24, 2.45) is 11.5 Å². The summed E-state index contributed by atoms with van der Waals surface area (Å²) in [5.74, 6) is -0.0525. The van der Waals surface area contributed by atoms with E-state index in [1.807, 2.05) is 25.9 Å². The van der Waals surface area contributed by atoms with Gasteiger partial charge in [-0.1, -0.05) is 6.92 Å². The molecule has 0 aliphatic rings. The van der Waals surface area contributed by atoms with Crippen molar-refractivity contribution in [2.75, 3.05) is 29.6 Å². The second-order valence-corrected chi connectivity index (χ2v) is 5.75. The largest absolute Gasteiger partial charge is 0.368 e. The molecule has 1 unspecified atom stereocenters. The maximum Gasteiger partial charge on any atom is 0.271 e. The van der Waals surface area contributed by atoms with Crippen molar-refractivity contribution in [3.05, 3.63) is 30.2 Å². The van der Waals surface area contributed by atoms with Gasteiger partial charge in [-0.05, 0) is 12.5 Å². The Labute approximate surface area is 151 Å². The first kappa shape index (κ1) is 18.9. The highest BCUT2D eigenvalue weighted by Gasteiger charge is 2.17. The summed E-state index contributed by atoms with van der Waals surface area (Å²) < 4.78 is 0. The van der Waals surface area contributed by atoms with Crippen LogP contribution in [0.2, 0.25) is 0 Å². The van der Waals surface area contributed by atoms with E-state index in [0.717, 1.165) is 5.82 Å². The molecule has 138 valence electrons. The predicted molar refractivity (Wildman–Crippen MR) is 99.3 cm³/mol. The predicted octanol–water partition coefficient (Wildman–Crippen LogP) is 0.456. The smallest absolute Gasteiger partial charge is 0.271 e. The van der Waals surface area contributed by atoms with E-state index in [4.69, 9.17) is 11.5 Å². The molecule has 2 aromatic heterocycles. The summed E-state index contributed by atoms with van der Waals surface area (Å²) in [6.07, 6.45) is 3.43. The van der Waals surface area contributed by atoms with Gasteiger partial charge in [-0.25, -0.2) is 15.0 Å². The number of nitrogens with one attached hydrogen (secondary N) is 2. The lowest BCUT2D eigenvalue weighted by Gasteiger charge is -2.16. The van der Waals surface area contributed by atoms with Crippen molar-refractivity contribution in [3.8, 4) is 0 Å². The summed E-state index contributed by atoms with van der Waals surface area (Å²) in [6, 6.07) is 2.90. The third-order valence-electron chi connectivity index (χ3n) is 3.55. The van der Waals surface area contributed by atoms with E-state index in [1.54, 1.807) is 18.3 Å². The topological polar surface area (TPSA) is 152 Å². The fraction of sp³-hybridized carbons (Fsp3) is 0.312. The van der Waals surface area contributed by atoms with Gasteiger partial charge in [0.05, 0.1) is 6.20 Å². The summed E-state index contributed by atoms with van der Waals surface area (Å²) in [5.41, 5.74) is 11.3. The minimum atomic E-state index is -0.726. The molecule has 0 saturated heterocycles. The fourth-order valence-electron chi connectivity index (χ4n) is 2.16. The zero-order valence-corrected chi connectivity index (χ0v) is 14.9. The Hall–Kier alpha value is -3.43. The number of hydrogen-bond donors (Lipinski definition) is 4. The summed E-state index contributed by atoms with van der Waals surface area (Å²) in [6.45, 7) is 1.81. The number of carbonyl (C=O) groups excluding carboxylic acids is 2. The number of hydrogen-bond acceptors (Lipinski definition) is 8. The summed E-state index contributed by atoms with van der Waals surface area (Å²) in [5, 5.41) is 5.90. The van der Waals surface area contributed by atoms with Crippen LogP contribution in [-0.2, 0) is 4.79 Å². The van der Waals surface area contributed by atoms with Crippen molar-refractivity contribution in [2.45, 2.75) is 19.4 Å². The molecule has 0 radical (unpaired) electrons. The summed E-state index contributed by atoms with van der Waals surface area (Å²) >= 11 is 0. The SMILES string of the molecule is CCC(Nc1cnc(C(N)=O)c(Nc2ccnc(N(C)C)c2)n1)C(N)=O. The lowest BCUT2D eigenvalue weighted by Crippen LogP contribution is -2.35. The Morgan fingerprint density at radius 2 is 2.00 bits per heavy atom. The van der Waals surface area contributed by atoms with Crippen molar-refractivity contribution in [1.82, 2.24) is 15.0 Å². The summed E-state index contributed by atoms with van der Waals surface area (Å²) in [7, 11) is 3.72. The normalized spacial score (nSPS) is 11.5. The van der Waals surface area contributed by atoms with Gasteiger partial charge in [0, 0.05) is 32.0 Å². The van der Waals surface area contributed by atoms with E-state index in [2.05, 4.69) is 25.6 Å². The standard InChI is InChI=1S/C16H22N8O2/c1-4-10(14(17)25)22-11-8-20-13(15(18)26)16(23-11)21-9-5-6-19-12(7-9)24(2)3/h5-8,10H,4H2,1-3H3,(H2,17,25)(H2,18,26)(H2,19,21,22,23). The fourth-order valence-corrected chi connectivity index (χ4v) is 2.16. The zero-order valence-electron chi connectivity index (χ0n) is 14.9. The van der Waals surface area contributed by atoms with Crippen LogP contribution >= 0.6 is 0 Å². The lowest BCUT2D eigenvalue weighted by molar-refractivity contribution is -0.118. The van der Waals surface area contributed by atoms with Gasteiger partial charge in [0.15, 0.2) is 11.5 Å². The maximum atomic E-state index is 11.6. The molecule has 26 heavy (non-hydrogen) atoms. The zero-order chi connectivity index (χ0) is 19.3. The van der Waals surface area contributed by atoms with E-state index in [9.17, 15) is 9.59 Å². The van der Waals surface area contributed by atoms with Crippen LogP contribution in [0.1, 0.15) is 23.8 Å². The number of carbonyl (C=O) groups is 2. The average Bonchev–Trinajstić information content (AvgIpc) is 2.59. The minimum Gasteiger partial charge on any atom is -0.368 e. The van der Waals surface area contributed by atoms with Gasteiger partial charge in [0.1, 0.15) is 17.7 Å². The Morgan fingerprint density at radius 1 is 1.27 bits per heavy atom. The second-order valence-electron chi connectivity index (χ2n) is 5.75. The van der Waals surface area contributed by atoms with Crippen LogP contribution in [0.15, 0.2) is 24.5 Å². The molecule has 0 saturated carbocycles. The first-order valence-corrected chi connectivity index (χ1v) is 7.95. The van der Waals surface area contributed by atoms with Crippen molar-refractivity contribution >= 4 is 35.0 Å².